The Kier molecular flexibility index (Phi) is 2.88. The molecule has 3 aromatic rings. The number of benzene rings is 1. The number of nitrogens with one attached hydrogen (secondary N) is 1. The van der Waals surface area contributed by atoms with Gasteiger partial charge in [-0.3, -0.25) is 4.79 Å². The monoisotopic (exact) mass is 250 g/mol. The van der Waals surface area contributed by atoms with E-state index in [4.69, 9.17) is 0 Å². The van der Waals surface area contributed by atoms with Crippen molar-refractivity contribution in [3.8, 4) is 0 Å². The van der Waals surface area contributed by atoms with Gasteiger partial charge in [-0.25, -0.2) is 4.98 Å². The Hall–Kier alpha value is -2.42. The summed E-state index contributed by atoms with van der Waals surface area (Å²) >= 11 is 0. The number of ketones is 1. The molecule has 1 aromatic carbocycles. The number of carbonyl (C=O) groups is 1. The molecule has 2 heterocycles. The van der Waals surface area contributed by atoms with E-state index < -0.39 is 0 Å². The van der Waals surface area contributed by atoms with Gasteiger partial charge in [0, 0.05) is 29.3 Å². The number of rotatable bonds is 3. The second-order valence-electron chi connectivity index (χ2n) is 4.60. The van der Waals surface area contributed by atoms with Gasteiger partial charge in [0.2, 0.25) is 0 Å². The molecule has 2 aromatic heterocycles. The highest BCUT2D eigenvalue weighted by molar-refractivity contribution is 6.09. The number of pyridine rings is 1. The zero-order valence-electron chi connectivity index (χ0n) is 10.6. The minimum absolute atomic E-state index is 0.116. The van der Waals surface area contributed by atoms with Gasteiger partial charge in [-0.15, -0.1) is 0 Å². The zero-order valence-corrected chi connectivity index (χ0v) is 10.6. The number of Topliss-reactive ketones (excluding diaryl/α,β-unsaturated/α-hetero) is 1. The molecule has 0 spiro atoms. The second kappa shape index (κ2) is 4.69. The summed E-state index contributed by atoms with van der Waals surface area (Å²) in [6.07, 6.45) is 3.47. The van der Waals surface area contributed by atoms with Crippen LogP contribution >= 0.6 is 0 Å². The average molecular weight is 250 g/mol. The molecule has 0 aliphatic carbocycles. The van der Waals surface area contributed by atoms with E-state index in [2.05, 4.69) is 9.97 Å². The minimum atomic E-state index is -0.152. The van der Waals surface area contributed by atoms with E-state index in [1.807, 2.05) is 49.4 Å². The number of hydrogen-bond donors (Lipinski definition) is 1. The maximum absolute atomic E-state index is 12.6. The number of aromatic nitrogens is 2. The van der Waals surface area contributed by atoms with Crippen LogP contribution in [0.3, 0.4) is 0 Å². The lowest BCUT2D eigenvalue weighted by Gasteiger charge is -2.09. The maximum atomic E-state index is 12.6. The molecular weight excluding hydrogens is 236 g/mol. The maximum Gasteiger partial charge on any atom is 0.172 e. The molecule has 0 fully saturated rings. The number of nitrogens with zero attached hydrogens (tertiary/aromatic N) is 1. The molecule has 3 heteroatoms. The van der Waals surface area contributed by atoms with Gasteiger partial charge >= 0.3 is 0 Å². The first-order chi connectivity index (χ1) is 9.27. The van der Waals surface area contributed by atoms with Crippen molar-refractivity contribution in [3.63, 3.8) is 0 Å². The lowest BCUT2D eigenvalue weighted by molar-refractivity contribution is 0.0968. The summed E-state index contributed by atoms with van der Waals surface area (Å²) in [7, 11) is 0. The van der Waals surface area contributed by atoms with Crippen molar-refractivity contribution in [1.29, 1.82) is 0 Å². The third kappa shape index (κ3) is 2.03. The van der Waals surface area contributed by atoms with E-state index in [-0.39, 0.29) is 11.7 Å². The van der Waals surface area contributed by atoms with Crippen molar-refractivity contribution in [1.82, 2.24) is 9.97 Å². The fourth-order valence-corrected chi connectivity index (χ4v) is 2.29. The van der Waals surface area contributed by atoms with E-state index in [1.165, 1.54) is 0 Å². The van der Waals surface area contributed by atoms with Crippen molar-refractivity contribution in [2.45, 2.75) is 12.8 Å². The van der Waals surface area contributed by atoms with Gasteiger partial charge in [-0.05, 0) is 17.7 Å². The SMILES string of the molecule is CC(C(=O)c1c[nH]c2ncccc12)c1ccccc1. The number of carbonyl (C=O) groups excluding carboxylic acids is 1. The number of H-pyrrole nitrogens is 1. The predicted molar refractivity (Wildman–Crippen MR) is 75.3 cm³/mol. The van der Waals surface area contributed by atoms with E-state index in [9.17, 15) is 4.79 Å². The zero-order chi connectivity index (χ0) is 13.2. The fraction of sp³-hybridized carbons (Fsp3) is 0.125. The quantitative estimate of drug-likeness (QED) is 0.722. The Morgan fingerprint density at radius 2 is 1.95 bits per heavy atom. The number of fused-ring (bicyclic) bond motifs is 1. The lowest BCUT2D eigenvalue weighted by Crippen LogP contribution is -2.09. The molecule has 1 N–H and O–H groups in total. The third-order valence-electron chi connectivity index (χ3n) is 3.41. The molecule has 0 saturated carbocycles. The van der Waals surface area contributed by atoms with Crippen LogP contribution in [0, 0.1) is 0 Å². The smallest absolute Gasteiger partial charge is 0.172 e. The minimum Gasteiger partial charge on any atom is -0.345 e. The topological polar surface area (TPSA) is 45.8 Å². The Morgan fingerprint density at radius 3 is 2.74 bits per heavy atom. The lowest BCUT2D eigenvalue weighted by atomic mass is 9.92. The molecule has 0 saturated heterocycles. The Bertz CT molecular complexity index is 716. The summed E-state index contributed by atoms with van der Waals surface area (Å²) in [4.78, 5) is 19.8. The first kappa shape index (κ1) is 11.7. The first-order valence-electron chi connectivity index (χ1n) is 6.28. The highest BCUT2D eigenvalue weighted by Gasteiger charge is 2.20. The van der Waals surface area contributed by atoms with Gasteiger partial charge in [0.25, 0.3) is 0 Å². The van der Waals surface area contributed by atoms with E-state index >= 15 is 0 Å². The van der Waals surface area contributed by atoms with Crippen molar-refractivity contribution < 1.29 is 4.79 Å². The molecule has 0 aliphatic heterocycles. The van der Waals surface area contributed by atoms with Crippen LogP contribution in [0.5, 0.6) is 0 Å². The predicted octanol–water partition coefficient (Wildman–Crippen LogP) is 3.55. The third-order valence-corrected chi connectivity index (χ3v) is 3.41. The van der Waals surface area contributed by atoms with Gasteiger partial charge in [0.1, 0.15) is 5.65 Å². The Labute approximate surface area is 111 Å². The second-order valence-corrected chi connectivity index (χ2v) is 4.60. The van der Waals surface area contributed by atoms with Crippen molar-refractivity contribution in [3.05, 3.63) is 66.0 Å². The van der Waals surface area contributed by atoms with Gasteiger partial charge in [-0.1, -0.05) is 37.3 Å². The van der Waals surface area contributed by atoms with Crippen LogP contribution < -0.4 is 0 Å². The summed E-state index contributed by atoms with van der Waals surface area (Å²) in [5.41, 5.74) is 2.50. The molecule has 0 radical (unpaired) electrons. The van der Waals surface area contributed by atoms with E-state index in [1.54, 1.807) is 12.4 Å². The van der Waals surface area contributed by atoms with Crippen LogP contribution in [-0.4, -0.2) is 15.8 Å². The van der Waals surface area contributed by atoms with Crippen molar-refractivity contribution in [2.75, 3.05) is 0 Å². The Morgan fingerprint density at radius 1 is 1.16 bits per heavy atom. The fourth-order valence-electron chi connectivity index (χ4n) is 2.29. The summed E-state index contributed by atoms with van der Waals surface area (Å²) in [6, 6.07) is 13.6. The summed E-state index contributed by atoms with van der Waals surface area (Å²) in [6.45, 7) is 1.94. The summed E-state index contributed by atoms with van der Waals surface area (Å²) in [5, 5.41) is 0.885. The largest absolute Gasteiger partial charge is 0.345 e. The molecule has 1 atom stereocenters. The molecule has 3 nitrogen and oxygen atoms in total. The molecule has 19 heavy (non-hydrogen) atoms. The molecule has 0 aliphatic rings. The van der Waals surface area contributed by atoms with Crippen LogP contribution in [0.4, 0.5) is 0 Å². The van der Waals surface area contributed by atoms with E-state index in [0.717, 1.165) is 16.6 Å². The molecular formula is C16H14N2O. The Balaban J connectivity index is 2.00. The first-order valence-corrected chi connectivity index (χ1v) is 6.28. The summed E-state index contributed by atoms with van der Waals surface area (Å²) < 4.78 is 0. The van der Waals surface area contributed by atoms with Crippen LogP contribution in [0.2, 0.25) is 0 Å². The van der Waals surface area contributed by atoms with Gasteiger partial charge in [0.05, 0.1) is 0 Å². The van der Waals surface area contributed by atoms with Crippen LogP contribution in [0.25, 0.3) is 11.0 Å². The molecule has 1 unspecified atom stereocenters. The number of aromatic amines is 1. The number of hydrogen-bond acceptors (Lipinski definition) is 2. The van der Waals surface area contributed by atoms with Gasteiger partial charge in [0.15, 0.2) is 5.78 Å². The molecule has 0 amide bonds. The standard InChI is InChI=1S/C16H14N2O/c1-11(12-6-3-2-4-7-12)15(19)14-10-18-16-13(14)8-5-9-17-16/h2-11H,1H3,(H,17,18). The van der Waals surface area contributed by atoms with Gasteiger partial charge < -0.3 is 4.98 Å². The van der Waals surface area contributed by atoms with E-state index in [0.29, 0.717) is 5.56 Å². The molecule has 0 bridgehead atoms. The van der Waals surface area contributed by atoms with Crippen LogP contribution in [-0.2, 0) is 0 Å². The molecule has 3 rings (SSSR count). The molecule has 94 valence electrons. The van der Waals surface area contributed by atoms with Crippen LogP contribution in [0.15, 0.2) is 54.9 Å². The van der Waals surface area contributed by atoms with Crippen molar-refractivity contribution >= 4 is 16.8 Å². The van der Waals surface area contributed by atoms with Crippen LogP contribution in [0.1, 0.15) is 28.8 Å². The highest BCUT2D eigenvalue weighted by Crippen LogP contribution is 2.24. The van der Waals surface area contributed by atoms with Gasteiger partial charge in [-0.2, -0.15) is 0 Å². The average Bonchev–Trinajstić information content (AvgIpc) is 2.90. The highest BCUT2D eigenvalue weighted by atomic mass is 16.1. The van der Waals surface area contributed by atoms with Crippen molar-refractivity contribution in [2.24, 2.45) is 0 Å². The normalized spacial score (nSPS) is 12.5. The summed E-state index contributed by atoms with van der Waals surface area (Å²) in [5.74, 6) is -0.0362.